The minimum atomic E-state index is -1.08. The van der Waals surface area contributed by atoms with Crippen LogP contribution in [0.3, 0.4) is 0 Å². The molecular weight excluding hydrogens is 799 g/mol. The third kappa shape index (κ3) is 50.5. The molecule has 0 aliphatic carbocycles. The molecule has 0 aliphatic rings. The third-order valence-electron chi connectivity index (χ3n) is 14.1. The minimum Gasteiger partial charge on any atom is -0.394 e. The van der Waals surface area contributed by atoms with Crippen molar-refractivity contribution in [2.45, 2.75) is 347 Å². The number of unbranched alkanes of at least 4 members (excludes halogenated alkanes) is 43. The van der Waals surface area contributed by atoms with Crippen molar-refractivity contribution in [2.24, 2.45) is 0 Å². The smallest absolute Gasteiger partial charge is 0.249 e. The van der Waals surface area contributed by atoms with E-state index in [2.05, 4.69) is 43.5 Å². The monoisotopic (exact) mass is 916 g/mol. The van der Waals surface area contributed by atoms with Crippen LogP contribution < -0.4 is 5.32 Å². The van der Waals surface area contributed by atoms with Crippen molar-refractivity contribution in [1.82, 2.24) is 5.32 Å². The summed E-state index contributed by atoms with van der Waals surface area (Å²) >= 11 is 0. The number of aliphatic hydroxyl groups excluding tert-OH is 3. The van der Waals surface area contributed by atoms with Gasteiger partial charge in [-0.15, -0.1) is 0 Å². The SMILES string of the molecule is CCCCCCCCCCC/C=C\C/C=C\CCCCCCCCCCCCC(O)C(=O)NC(CO)C(O)CCCCCCCCCCCCCCCCCCCCCCCCCCC. The molecule has 4 N–H and O–H groups in total. The topological polar surface area (TPSA) is 89.8 Å². The molecule has 3 unspecified atom stereocenters. The average Bonchev–Trinajstić information content (AvgIpc) is 3.31. The van der Waals surface area contributed by atoms with Gasteiger partial charge < -0.3 is 20.6 Å². The second-order valence-electron chi connectivity index (χ2n) is 20.6. The molecule has 5 nitrogen and oxygen atoms in total. The zero-order valence-corrected chi connectivity index (χ0v) is 44.1. The van der Waals surface area contributed by atoms with Gasteiger partial charge in [0, 0.05) is 0 Å². The maximum atomic E-state index is 12.6. The van der Waals surface area contributed by atoms with Crippen LogP contribution in [0.5, 0.6) is 0 Å². The van der Waals surface area contributed by atoms with Gasteiger partial charge >= 0.3 is 0 Å². The zero-order chi connectivity index (χ0) is 47.2. The average molecular weight is 917 g/mol. The van der Waals surface area contributed by atoms with Crippen molar-refractivity contribution in [3.05, 3.63) is 24.3 Å². The van der Waals surface area contributed by atoms with Gasteiger partial charge in [-0.25, -0.2) is 0 Å². The number of allylic oxidation sites excluding steroid dienone is 4. The van der Waals surface area contributed by atoms with Gasteiger partial charge in [-0.05, 0) is 44.9 Å². The van der Waals surface area contributed by atoms with Crippen molar-refractivity contribution >= 4 is 5.91 Å². The summed E-state index contributed by atoms with van der Waals surface area (Å²) in [5.74, 6) is -0.468. The molecule has 0 spiro atoms. The molecule has 0 bridgehead atoms. The first-order valence-corrected chi connectivity index (χ1v) is 29.6. The van der Waals surface area contributed by atoms with Gasteiger partial charge in [-0.3, -0.25) is 4.79 Å². The van der Waals surface area contributed by atoms with Crippen LogP contribution in [0.2, 0.25) is 0 Å². The molecule has 0 saturated heterocycles. The molecule has 65 heavy (non-hydrogen) atoms. The van der Waals surface area contributed by atoms with Gasteiger partial charge in [0.25, 0.3) is 0 Å². The van der Waals surface area contributed by atoms with E-state index in [9.17, 15) is 20.1 Å². The standard InChI is InChI=1S/C60H117NO4/c1-3-5-7-9-11-13-15-17-19-21-23-25-27-29-31-33-35-37-39-41-43-45-47-49-51-53-55-59(64)60(65)61-57(56-62)58(63)54-52-50-48-46-44-42-40-38-36-34-32-30-28-26-24-22-20-18-16-14-12-10-8-6-4-2/h23,25,29,31,57-59,62-64H,3-22,24,26-28,30,32-56H2,1-2H3,(H,61,65)/b25-23-,31-29-. The molecule has 3 atom stereocenters. The number of nitrogens with one attached hydrogen (secondary N) is 1. The minimum absolute atomic E-state index is 0.312. The summed E-state index contributed by atoms with van der Waals surface area (Å²) in [7, 11) is 0. The number of carbonyl (C=O) groups excluding carboxylic acids is 1. The molecule has 0 aromatic carbocycles. The van der Waals surface area contributed by atoms with Crippen molar-refractivity contribution < 1.29 is 20.1 Å². The number of rotatable bonds is 55. The van der Waals surface area contributed by atoms with Crippen LogP contribution in [0.4, 0.5) is 0 Å². The van der Waals surface area contributed by atoms with Crippen LogP contribution in [-0.4, -0.2) is 46.1 Å². The predicted molar refractivity (Wildman–Crippen MR) is 287 cm³/mol. The van der Waals surface area contributed by atoms with Gasteiger partial charge in [0.2, 0.25) is 5.91 Å². The summed E-state index contributed by atoms with van der Waals surface area (Å²) in [5.41, 5.74) is 0. The van der Waals surface area contributed by atoms with Gasteiger partial charge in [0.15, 0.2) is 0 Å². The summed E-state index contributed by atoms with van der Waals surface area (Å²) in [6, 6.07) is -0.714. The van der Waals surface area contributed by atoms with Gasteiger partial charge in [-0.2, -0.15) is 0 Å². The first kappa shape index (κ1) is 63.8. The van der Waals surface area contributed by atoms with Crippen molar-refractivity contribution in [3.63, 3.8) is 0 Å². The first-order valence-electron chi connectivity index (χ1n) is 29.6. The largest absolute Gasteiger partial charge is 0.394 e. The number of hydrogen-bond donors (Lipinski definition) is 4. The van der Waals surface area contributed by atoms with E-state index < -0.39 is 24.2 Å². The lowest BCUT2D eigenvalue weighted by molar-refractivity contribution is -0.131. The van der Waals surface area contributed by atoms with Crippen molar-refractivity contribution in [3.8, 4) is 0 Å². The number of aliphatic hydroxyl groups is 3. The van der Waals surface area contributed by atoms with Crippen molar-refractivity contribution in [2.75, 3.05) is 6.61 Å². The number of hydrogen-bond acceptors (Lipinski definition) is 4. The summed E-state index contributed by atoms with van der Waals surface area (Å²) in [5, 5.41) is 33.6. The van der Waals surface area contributed by atoms with E-state index in [0.29, 0.717) is 12.8 Å². The van der Waals surface area contributed by atoms with Gasteiger partial charge in [0.05, 0.1) is 18.8 Å². The molecule has 0 aromatic rings. The zero-order valence-electron chi connectivity index (χ0n) is 44.1. The predicted octanol–water partition coefficient (Wildman–Crippen LogP) is 18.5. The highest BCUT2D eigenvalue weighted by Crippen LogP contribution is 2.18. The third-order valence-corrected chi connectivity index (χ3v) is 14.1. The van der Waals surface area contributed by atoms with Gasteiger partial charge in [0.1, 0.15) is 6.10 Å². The van der Waals surface area contributed by atoms with Crippen LogP contribution in [0.1, 0.15) is 328 Å². The molecule has 0 radical (unpaired) electrons. The summed E-state index contributed by atoms with van der Waals surface area (Å²) in [4.78, 5) is 12.6. The lowest BCUT2D eigenvalue weighted by atomic mass is 10.0. The lowest BCUT2D eigenvalue weighted by Gasteiger charge is -2.23. The number of carbonyl (C=O) groups is 1. The Morgan fingerprint density at radius 1 is 0.369 bits per heavy atom. The van der Waals surface area contributed by atoms with E-state index in [4.69, 9.17) is 0 Å². The van der Waals surface area contributed by atoms with E-state index in [-0.39, 0.29) is 6.61 Å². The molecule has 0 fully saturated rings. The number of amides is 1. The Labute approximate surface area is 407 Å². The molecule has 0 aromatic heterocycles. The summed E-state index contributed by atoms with van der Waals surface area (Å²) < 4.78 is 0. The van der Waals surface area contributed by atoms with E-state index in [0.717, 1.165) is 38.5 Å². The Morgan fingerprint density at radius 2 is 0.631 bits per heavy atom. The molecule has 386 valence electrons. The van der Waals surface area contributed by atoms with Crippen LogP contribution in [0, 0.1) is 0 Å². The van der Waals surface area contributed by atoms with Crippen LogP contribution in [-0.2, 0) is 4.79 Å². The molecule has 5 heteroatoms. The molecule has 0 saturated carbocycles. The highest BCUT2D eigenvalue weighted by Gasteiger charge is 2.23. The van der Waals surface area contributed by atoms with E-state index in [1.807, 2.05) is 0 Å². The highest BCUT2D eigenvalue weighted by molar-refractivity contribution is 5.80. The van der Waals surface area contributed by atoms with Gasteiger partial charge in [-0.1, -0.05) is 308 Å². The first-order chi connectivity index (χ1) is 32.1. The van der Waals surface area contributed by atoms with E-state index in [1.54, 1.807) is 0 Å². The Hall–Kier alpha value is -1.17. The highest BCUT2D eigenvalue weighted by atomic mass is 16.3. The lowest BCUT2D eigenvalue weighted by Crippen LogP contribution is -2.49. The maximum Gasteiger partial charge on any atom is 0.249 e. The van der Waals surface area contributed by atoms with Crippen molar-refractivity contribution in [1.29, 1.82) is 0 Å². The normalized spacial score (nSPS) is 13.4. The quantitative estimate of drug-likeness (QED) is 0.0361. The fraction of sp³-hybridized carbons (Fsp3) is 0.917. The van der Waals surface area contributed by atoms with Crippen LogP contribution >= 0.6 is 0 Å². The Balaban J connectivity index is 3.53. The Kier molecular flexibility index (Phi) is 54.4. The molecule has 0 heterocycles. The fourth-order valence-corrected chi connectivity index (χ4v) is 9.46. The Morgan fingerprint density at radius 3 is 0.923 bits per heavy atom. The molecule has 1 amide bonds. The molecule has 0 aliphatic heterocycles. The second kappa shape index (κ2) is 55.4. The van der Waals surface area contributed by atoms with Crippen LogP contribution in [0.25, 0.3) is 0 Å². The maximum absolute atomic E-state index is 12.6. The summed E-state index contributed by atoms with van der Waals surface area (Å²) in [6.07, 6.45) is 70.9. The van der Waals surface area contributed by atoms with Crippen LogP contribution in [0.15, 0.2) is 24.3 Å². The molecular formula is C60H117NO4. The van der Waals surface area contributed by atoms with E-state index >= 15 is 0 Å². The molecule has 0 rings (SSSR count). The fourth-order valence-electron chi connectivity index (χ4n) is 9.46. The van der Waals surface area contributed by atoms with E-state index in [1.165, 1.54) is 263 Å². The second-order valence-corrected chi connectivity index (χ2v) is 20.6. The Bertz CT molecular complexity index is 967. The summed E-state index contributed by atoms with van der Waals surface area (Å²) in [6.45, 7) is 4.27.